The van der Waals surface area contributed by atoms with E-state index in [9.17, 15) is 31.5 Å². The summed E-state index contributed by atoms with van der Waals surface area (Å²) in [4.78, 5) is 25.4. The second-order valence-corrected chi connectivity index (χ2v) is 9.81. The fourth-order valence-corrected chi connectivity index (χ4v) is 4.38. The fourth-order valence-electron chi connectivity index (χ4n) is 4.38. The van der Waals surface area contributed by atoms with Crippen LogP contribution in [0.4, 0.5) is 22.0 Å². The number of carbonyl (C=O) groups excluding carboxylic acids is 2. The predicted molar refractivity (Wildman–Crippen MR) is 136 cm³/mol. The zero-order chi connectivity index (χ0) is 28.6. The van der Waals surface area contributed by atoms with Crippen LogP contribution in [-0.4, -0.2) is 18.5 Å². The number of carbonyl (C=O) groups is 2. The van der Waals surface area contributed by atoms with Gasteiger partial charge in [-0.2, -0.15) is 8.78 Å². The number of ether oxygens (including phenoxy) is 2. The third kappa shape index (κ3) is 9.84. The van der Waals surface area contributed by atoms with E-state index >= 15 is 0 Å². The Morgan fingerprint density at radius 2 is 0.921 bits per heavy atom. The fraction of sp³-hybridized carbons (Fsp3) is 0.724. The number of benzene rings is 1. The standard InChI is InChI=1S/C29H43F5O4/c1-4-7-8-9-10-11-12-13-14-15-16-17-18-19-20-37-27(35)29(5-2,6-3)28(36)38-26-24(33)22(31)21(30)23(32)25(26)34/h4-20H2,1-3H3. The first kappa shape index (κ1) is 33.8. The van der Waals surface area contributed by atoms with Crippen molar-refractivity contribution in [1.29, 1.82) is 0 Å². The summed E-state index contributed by atoms with van der Waals surface area (Å²) in [5, 5.41) is 0. The van der Waals surface area contributed by atoms with Gasteiger partial charge in [-0.25, -0.2) is 13.2 Å². The van der Waals surface area contributed by atoms with Gasteiger partial charge < -0.3 is 9.47 Å². The average molecular weight is 551 g/mol. The Morgan fingerprint density at radius 1 is 0.553 bits per heavy atom. The minimum absolute atomic E-state index is 0.0500. The highest BCUT2D eigenvalue weighted by atomic mass is 19.2. The van der Waals surface area contributed by atoms with Gasteiger partial charge in [0, 0.05) is 0 Å². The third-order valence-electron chi connectivity index (χ3n) is 7.08. The van der Waals surface area contributed by atoms with Crippen LogP contribution in [0.25, 0.3) is 0 Å². The lowest BCUT2D eigenvalue weighted by Crippen LogP contribution is -2.43. The van der Waals surface area contributed by atoms with Gasteiger partial charge in [-0.3, -0.25) is 9.59 Å². The molecule has 0 N–H and O–H groups in total. The van der Waals surface area contributed by atoms with Gasteiger partial charge in [-0.05, 0) is 19.3 Å². The topological polar surface area (TPSA) is 52.6 Å². The van der Waals surface area contributed by atoms with E-state index in [1.807, 2.05) is 0 Å². The van der Waals surface area contributed by atoms with Crippen molar-refractivity contribution in [3.05, 3.63) is 29.1 Å². The molecule has 0 fully saturated rings. The van der Waals surface area contributed by atoms with Crippen LogP contribution >= 0.6 is 0 Å². The second-order valence-electron chi connectivity index (χ2n) is 9.81. The zero-order valence-corrected chi connectivity index (χ0v) is 23.0. The number of hydrogen-bond acceptors (Lipinski definition) is 4. The molecule has 0 spiro atoms. The Bertz CT molecular complexity index is 842. The summed E-state index contributed by atoms with van der Waals surface area (Å²) in [6.07, 6.45) is 16.0. The summed E-state index contributed by atoms with van der Waals surface area (Å²) in [6.45, 7) is 5.21. The van der Waals surface area contributed by atoms with Gasteiger partial charge in [-0.15, -0.1) is 0 Å². The van der Waals surface area contributed by atoms with Crippen molar-refractivity contribution >= 4 is 11.9 Å². The van der Waals surface area contributed by atoms with Crippen LogP contribution in [0.3, 0.4) is 0 Å². The van der Waals surface area contributed by atoms with Gasteiger partial charge in [0.25, 0.3) is 0 Å². The Morgan fingerprint density at radius 3 is 1.32 bits per heavy atom. The van der Waals surface area contributed by atoms with Crippen LogP contribution in [0.15, 0.2) is 0 Å². The van der Waals surface area contributed by atoms with Gasteiger partial charge in [0.05, 0.1) is 6.61 Å². The molecule has 0 bridgehead atoms. The van der Waals surface area contributed by atoms with Crippen LogP contribution in [0, 0.1) is 34.5 Å². The van der Waals surface area contributed by atoms with Crippen molar-refractivity contribution in [2.24, 2.45) is 5.41 Å². The average Bonchev–Trinajstić information content (AvgIpc) is 2.92. The molecule has 1 aromatic carbocycles. The molecular formula is C29H43F5O4. The van der Waals surface area contributed by atoms with Crippen molar-refractivity contribution in [3.63, 3.8) is 0 Å². The number of unbranched alkanes of at least 4 members (excludes halogenated alkanes) is 13. The lowest BCUT2D eigenvalue weighted by Gasteiger charge is -2.27. The maximum atomic E-state index is 14.0. The molecule has 0 radical (unpaired) electrons. The molecule has 0 atom stereocenters. The number of esters is 2. The van der Waals surface area contributed by atoms with E-state index in [2.05, 4.69) is 11.7 Å². The molecule has 38 heavy (non-hydrogen) atoms. The number of hydrogen-bond donors (Lipinski definition) is 0. The summed E-state index contributed by atoms with van der Waals surface area (Å²) in [7, 11) is 0. The molecule has 1 rings (SSSR count). The second kappa shape index (κ2) is 18.2. The quantitative estimate of drug-likeness (QED) is 0.0309. The zero-order valence-electron chi connectivity index (χ0n) is 23.0. The van der Waals surface area contributed by atoms with Gasteiger partial charge in [0.15, 0.2) is 5.41 Å². The van der Waals surface area contributed by atoms with Gasteiger partial charge >= 0.3 is 11.9 Å². The van der Waals surface area contributed by atoms with Crippen LogP contribution in [-0.2, 0) is 14.3 Å². The molecular weight excluding hydrogens is 507 g/mol. The predicted octanol–water partition coefficient (Wildman–Crippen LogP) is 9.12. The van der Waals surface area contributed by atoms with E-state index in [0.29, 0.717) is 6.42 Å². The molecule has 4 nitrogen and oxygen atoms in total. The molecule has 218 valence electrons. The van der Waals surface area contributed by atoms with Crippen LogP contribution in [0.5, 0.6) is 5.75 Å². The van der Waals surface area contributed by atoms with E-state index in [0.717, 1.165) is 25.7 Å². The SMILES string of the molecule is CCCCCCCCCCCCCCCCOC(=O)C(CC)(CC)C(=O)Oc1c(F)c(F)c(F)c(F)c1F. The summed E-state index contributed by atoms with van der Waals surface area (Å²) in [5.74, 6) is -15.6. The molecule has 0 aliphatic rings. The van der Waals surface area contributed by atoms with E-state index < -0.39 is 52.2 Å². The first-order valence-corrected chi connectivity index (χ1v) is 14.1. The van der Waals surface area contributed by atoms with E-state index in [4.69, 9.17) is 4.74 Å². The summed E-state index contributed by atoms with van der Waals surface area (Å²) in [5.41, 5.74) is -1.93. The van der Waals surface area contributed by atoms with Gasteiger partial charge in [0.1, 0.15) is 0 Å². The van der Waals surface area contributed by atoms with E-state index in [1.54, 1.807) is 0 Å². The summed E-state index contributed by atoms with van der Waals surface area (Å²) in [6, 6.07) is 0. The van der Waals surface area contributed by atoms with Crippen molar-refractivity contribution in [3.8, 4) is 5.75 Å². The minimum Gasteiger partial charge on any atom is -0.465 e. The Labute approximate surface area is 223 Å². The smallest absolute Gasteiger partial charge is 0.329 e. The maximum absolute atomic E-state index is 14.0. The van der Waals surface area contributed by atoms with Crippen LogP contribution in [0.1, 0.15) is 124 Å². The highest BCUT2D eigenvalue weighted by molar-refractivity contribution is 6.00. The van der Waals surface area contributed by atoms with Gasteiger partial charge in [0.2, 0.25) is 34.8 Å². The first-order chi connectivity index (χ1) is 18.2. The monoisotopic (exact) mass is 550 g/mol. The molecule has 0 unspecified atom stereocenters. The van der Waals surface area contributed by atoms with Crippen LogP contribution in [0.2, 0.25) is 0 Å². The number of halogens is 5. The molecule has 0 saturated heterocycles. The molecule has 0 amide bonds. The molecule has 9 heteroatoms. The minimum atomic E-state index is -2.37. The lowest BCUT2D eigenvalue weighted by atomic mass is 9.82. The molecule has 0 aliphatic heterocycles. The summed E-state index contributed by atoms with van der Waals surface area (Å²) < 4.78 is 77.9. The summed E-state index contributed by atoms with van der Waals surface area (Å²) >= 11 is 0. The first-order valence-electron chi connectivity index (χ1n) is 14.1. The Kier molecular flexibility index (Phi) is 16.2. The van der Waals surface area contributed by atoms with Gasteiger partial charge in [-0.1, -0.05) is 104 Å². The van der Waals surface area contributed by atoms with Crippen LogP contribution < -0.4 is 4.74 Å². The highest BCUT2D eigenvalue weighted by Crippen LogP contribution is 2.34. The van der Waals surface area contributed by atoms with Crippen molar-refractivity contribution in [2.45, 2.75) is 124 Å². The molecule has 0 aromatic heterocycles. The molecule has 1 aromatic rings. The van der Waals surface area contributed by atoms with Crippen molar-refractivity contribution in [2.75, 3.05) is 6.61 Å². The Balaban J connectivity index is 2.41. The van der Waals surface area contributed by atoms with E-state index in [1.165, 1.54) is 71.6 Å². The molecule has 0 aliphatic carbocycles. The normalized spacial score (nSPS) is 11.6. The molecule has 0 heterocycles. The van der Waals surface area contributed by atoms with Crippen molar-refractivity contribution in [1.82, 2.24) is 0 Å². The highest BCUT2D eigenvalue weighted by Gasteiger charge is 2.47. The largest absolute Gasteiger partial charge is 0.465 e. The van der Waals surface area contributed by atoms with E-state index in [-0.39, 0.29) is 19.4 Å². The molecule has 0 saturated carbocycles. The van der Waals surface area contributed by atoms with Crippen molar-refractivity contribution < 1.29 is 41.0 Å². The maximum Gasteiger partial charge on any atom is 0.329 e. The Hall–Kier alpha value is -2.19. The third-order valence-corrected chi connectivity index (χ3v) is 7.08. The number of rotatable bonds is 20. The lowest BCUT2D eigenvalue weighted by molar-refractivity contribution is -0.168.